The van der Waals surface area contributed by atoms with Gasteiger partial charge in [-0.1, -0.05) is 0 Å². The van der Waals surface area contributed by atoms with Crippen LogP contribution in [0.15, 0.2) is 41.3 Å². The van der Waals surface area contributed by atoms with Crippen LogP contribution in [0.2, 0.25) is 0 Å². The maximum absolute atomic E-state index is 13.7. The van der Waals surface area contributed by atoms with Crippen molar-refractivity contribution in [3.05, 3.63) is 59.4 Å². The SMILES string of the molecule is CS(=O)(=O)c1ccc(F)c(C(=O)Nc2ccc(F)c(F)c2)c1. The quantitative estimate of drug-likeness (QED) is 0.881. The zero-order valence-corrected chi connectivity index (χ0v) is 12.0. The second kappa shape index (κ2) is 5.80. The minimum Gasteiger partial charge on any atom is -0.322 e. The van der Waals surface area contributed by atoms with E-state index in [1.807, 2.05) is 0 Å². The molecule has 0 fully saturated rings. The van der Waals surface area contributed by atoms with E-state index >= 15 is 0 Å². The van der Waals surface area contributed by atoms with Gasteiger partial charge in [-0.2, -0.15) is 0 Å². The van der Waals surface area contributed by atoms with E-state index in [1.54, 1.807) is 0 Å². The summed E-state index contributed by atoms with van der Waals surface area (Å²) in [5.74, 6) is -4.19. The van der Waals surface area contributed by atoms with Crippen LogP contribution >= 0.6 is 0 Å². The number of carbonyl (C=O) groups excluding carboxylic acids is 1. The number of nitrogens with one attached hydrogen (secondary N) is 1. The van der Waals surface area contributed by atoms with E-state index in [2.05, 4.69) is 5.32 Å². The molecule has 0 bridgehead atoms. The fourth-order valence-electron chi connectivity index (χ4n) is 1.68. The highest BCUT2D eigenvalue weighted by Gasteiger charge is 2.17. The van der Waals surface area contributed by atoms with Crippen LogP contribution < -0.4 is 5.32 Å². The van der Waals surface area contributed by atoms with Gasteiger partial charge >= 0.3 is 0 Å². The van der Waals surface area contributed by atoms with Gasteiger partial charge in [0.05, 0.1) is 10.5 Å². The topological polar surface area (TPSA) is 63.2 Å². The summed E-state index contributed by atoms with van der Waals surface area (Å²) in [5, 5.41) is 2.17. The number of hydrogen-bond acceptors (Lipinski definition) is 3. The lowest BCUT2D eigenvalue weighted by Gasteiger charge is -2.08. The first-order chi connectivity index (χ1) is 10.2. The summed E-state index contributed by atoms with van der Waals surface area (Å²) in [4.78, 5) is 11.7. The Labute approximate surface area is 124 Å². The van der Waals surface area contributed by atoms with Gasteiger partial charge in [0.2, 0.25) is 0 Å². The van der Waals surface area contributed by atoms with Crippen LogP contribution in [-0.2, 0) is 9.84 Å². The molecular weight excluding hydrogens is 319 g/mol. The second-order valence-corrected chi connectivity index (χ2v) is 6.51. The molecule has 0 radical (unpaired) electrons. The largest absolute Gasteiger partial charge is 0.322 e. The predicted octanol–water partition coefficient (Wildman–Crippen LogP) is 2.76. The van der Waals surface area contributed by atoms with Crippen LogP contribution in [0.5, 0.6) is 0 Å². The zero-order chi connectivity index (χ0) is 16.5. The molecular formula is C14H10F3NO3S. The van der Waals surface area contributed by atoms with Crippen molar-refractivity contribution < 1.29 is 26.4 Å². The number of amides is 1. The van der Waals surface area contributed by atoms with Gasteiger partial charge in [-0.15, -0.1) is 0 Å². The fourth-order valence-corrected chi connectivity index (χ4v) is 2.33. The van der Waals surface area contributed by atoms with Crippen LogP contribution in [0, 0.1) is 17.5 Å². The number of rotatable bonds is 3. The van der Waals surface area contributed by atoms with E-state index < -0.39 is 38.8 Å². The van der Waals surface area contributed by atoms with E-state index in [9.17, 15) is 26.4 Å². The average molecular weight is 329 g/mol. The molecule has 22 heavy (non-hydrogen) atoms. The lowest BCUT2D eigenvalue weighted by molar-refractivity contribution is 0.102. The molecule has 0 atom stereocenters. The molecule has 0 aliphatic carbocycles. The summed E-state index contributed by atoms with van der Waals surface area (Å²) >= 11 is 0. The molecule has 1 amide bonds. The van der Waals surface area contributed by atoms with Gasteiger partial charge in [-0.3, -0.25) is 4.79 Å². The standard InChI is InChI=1S/C14H10F3NO3S/c1-22(20,21)9-3-5-11(15)10(7-9)14(19)18-8-2-4-12(16)13(17)6-8/h2-7H,1H3,(H,18,19). The van der Waals surface area contributed by atoms with E-state index in [1.165, 1.54) is 0 Å². The molecule has 0 saturated carbocycles. The molecule has 0 aromatic heterocycles. The summed E-state index contributed by atoms with van der Waals surface area (Å²) in [6.07, 6.45) is 0.914. The third-order valence-corrected chi connectivity index (χ3v) is 3.90. The highest BCUT2D eigenvalue weighted by Crippen LogP contribution is 2.18. The predicted molar refractivity (Wildman–Crippen MR) is 73.8 cm³/mol. The average Bonchev–Trinajstić information content (AvgIpc) is 2.42. The van der Waals surface area contributed by atoms with E-state index in [-0.39, 0.29) is 10.6 Å². The normalized spacial score (nSPS) is 11.3. The Kier molecular flexibility index (Phi) is 4.23. The van der Waals surface area contributed by atoms with Crippen molar-refractivity contribution in [3.8, 4) is 0 Å². The summed E-state index contributed by atoms with van der Waals surface area (Å²) in [5.41, 5.74) is -0.610. The molecule has 2 rings (SSSR count). The Balaban J connectivity index is 2.35. The number of sulfone groups is 1. The van der Waals surface area contributed by atoms with Crippen LogP contribution in [-0.4, -0.2) is 20.6 Å². The fraction of sp³-hybridized carbons (Fsp3) is 0.0714. The molecule has 8 heteroatoms. The molecule has 1 N–H and O–H groups in total. The molecule has 0 heterocycles. The van der Waals surface area contributed by atoms with Gasteiger partial charge in [0.1, 0.15) is 5.82 Å². The third kappa shape index (κ3) is 3.45. The van der Waals surface area contributed by atoms with Crippen molar-refractivity contribution >= 4 is 21.4 Å². The van der Waals surface area contributed by atoms with Gasteiger partial charge in [-0.05, 0) is 30.3 Å². The number of benzene rings is 2. The first kappa shape index (κ1) is 16.0. The van der Waals surface area contributed by atoms with Gasteiger partial charge in [0.25, 0.3) is 5.91 Å². The van der Waals surface area contributed by atoms with Gasteiger partial charge in [-0.25, -0.2) is 21.6 Å². The lowest BCUT2D eigenvalue weighted by Crippen LogP contribution is -2.15. The smallest absolute Gasteiger partial charge is 0.258 e. The summed E-state index contributed by atoms with van der Waals surface area (Å²) in [6.45, 7) is 0. The zero-order valence-electron chi connectivity index (χ0n) is 11.2. The van der Waals surface area contributed by atoms with Crippen molar-refractivity contribution in [1.82, 2.24) is 0 Å². The molecule has 0 aliphatic rings. The minimum absolute atomic E-state index is 0.0898. The monoisotopic (exact) mass is 329 g/mol. The number of halogens is 3. The molecule has 0 spiro atoms. The highest BCUT2D eigenvalue weighted by molar-refractivity contribution is 7.90. The second-order valence-electron chi connectivity index (χ2n) is 4.50. The van der Waals surface area contributed by atoms with Crippen LogP contribution in [0.4, 0.5) is 18.9 Å². The van der Waals surface area contributed by atoms with Crippen molar-refractivity contribution in [1.29, 1.82) is 0 Å². The van der Waals surface area contributed by atoms with Crippen molar-refractivity contribution in [2.45, 2.75) is 4.90 Å². The van der Waals surface area contributed by atoms with Crippen LogP contribution in [0.3, 0.4) is 0 Å². The Bertz CT molecular complexity index is 850. The lowest BCUT2D eigenvalue weighted by atomic mass is 10.2. The molecule has 2 aromatic carbocycles. The van der Waals surface area contributed by atoms with E-state index in [4.69, 9.17) is 0 Å². The molecule has 0 saturated heterocycles. The molecule has 0 unspecified atom stereocenters. The maximum Gasteiger partial charge on any atom is 0.258 e. The van der Waals surface area contributed by atoms with E-state index in [0.29, 0.717) is 0 Å². The van der Waals surface area contributed by atoms with Crippen LogP contribution in [0.1, 0.15) is 10.4 Å². The first-order valence-electron chi connectivity index (χ1n) is 5.94. The third-order valence-electron chi connectivity index (χ3n) is 2.79. The number of anilines is 1. The highest BCUT2D eigenvalue weighted by atomic mass is 32.2. The van der Waals surface area contributed by atoms with Crippen molar-refractivity contribution in [2.24, 2.45) is 0 Å². The Morgan fingerprint density at radius 1 is 0.955 bits per heavy atom. The summed E-state index contributed by atoms with van der Waals surface area (Å²) in [7, 11) is -3.62. The molecule has 4 nitrogen and oxygen atoms in total. The summed E-state index contributed by atoms with van der Waals surface area (Å²) in [6, 6.07) is 5.36. The first-order valence-corrected chi connectivity index (χ1v) is 7.83. The van der Waals surface area contributed by atoms with Crippen molar-refractivity contribution in [3.63, 3.8) is 0 Å². The van der Waals surface area contributed by atoms with Gasteiger partial charge in [0.15, 0.2) is 21.5 Å². The Morgan fingerprint density at radius 2 is 1.59 bits per heavy atom. The molecule has 0 aliphatic heterocycles. The molecule has 116 valence electrons. The summed E-state index contributed by atoms with van der Waals surface area (Å²) < 4.78 is 62.3. The van der Waals surface area contributed by atoms with Crippen molar-refractivity contribution in [2.75, 3.05) is 11.6 Å². The van der Waals surface area contributed by atoms with Gasteiger partial charge < -0.3 is 5.32 Å². The maximum atomic E-state index is 13.7. The number of hydrogen-bond donors (Lipinski definition) is 1. The molecule has 2 aromatic rings. The Morgan fingerprint density at radius 3 is 2.18 bits per heavy atom. The number of carbonyl (C=O) groups is 1. The van der Waals surface area contributed by atoms with Crippen LogP contribution in [0.25, 0.3) is 0 Å². The van der Waals surface area contributed by atoms with Gasteiger partial charge in [0, 0.05) is 18.0 Å². The minimum atomic E-state index is -3.62. The van der Waals surface area contributed by atoms with E-state index in [0.717, 1.165) is 42.7 Å². The Hall–Kier alpha value is -2.35.